The number of benzene rings is 2. The summed E-state index contributed by atoms with van der Waals surface area (Å²) in [6.45, 7) is 5.62. The zero-order chi connectivity index (χ0) is 24.2. The maximum absolute atomic E-state index is 5.86. The van der Waals surface area contributed by atoms with Gasteiger partial charge in [0, 0.05) is 36.3 Å². The molecule has 0 aliphatic carbocycles. The van der Waals surface area contributed by atoms with Crippen LogP contribution in [0.2, 0.25) is 0 Å². The molecule has 0 radical (unpaired) electrons. The Morgan fingerprint density at radius 3 is 2.38 bits per heavy atom. The highest BCUT2D eigenvalue weighted by Gasteiger charge is 2.22. The lowest BCUT2D eigenvalue weighted by Gasteiger charge is -2.14. The van der Waals surface area contributed by atoms with E-state index in [1.165, 1.54) is 5.56 Å². The molecule has 0 unspecified atom stereocenters. The van der Waals surface area contributed by atoms with Crippen LogP contribution in [-0.2, 0) is 17.7 Å². The second-order valence-corrected chi connectivity index (χ2v) is 9.23. The van der Waals surface area contributed by atoms with E-state index in [1.54, 1.807) is 27.5 Å². The van der Waals surface area contributed by atoms with Crippen LogP contribution in [0.4, 0.5) is 0 Å². The second kappa shape index (κ2) is 10.6. The molecule has 6 nitrogen and oxygen atoms in total. The van der Waals surface area contributed by atoms with Crippen molar-refractivity contribution in [3.8, 4) is 22.9 Å². The number of hydrogen-bond acceptors (Lipinski definition) is 5. The average Bonchev–Trinajstić information content (AvgIpc) is 3.24. The van der Waals surface area contributed by atoms with E-state index in [2.05, 4.69) is 69.7 Å². The number of pyridine rings is 1. The lowest BCUT2D eigenvalue weighted by molar-refractivity contribution is 0.188. The summed E-state index contributed by atoms with van der Waals surface area (Å²) in [5, 5.41) is 0. The van der Waals surface area contributed by atoms with Crippen molar-refractivity contribution in [3.05, 3.63) is 70.0 Å². The lowest BCUT2D eigenvalue weighted by atomic mass is 10.0. The van der Waals surface area contributed by atoms with Gasteiger partial charge in [-0.05, 0) is 51.2 Å². The molecular weight excluding hydrogens is 494 g/mol. The van der Waals surface area contributed by atoms with Crippen molar-refractivity contribution in [1.82, 2.24) is 14.5 Å². The third kappa shape index (κ3) is 4.68. The summed E-state index contributed by atoms with van der Waals surface area (Å²) in [4.78, 5) is 9.62. The lowest BCUT2D eigenvalue weighted by Crippen LogP contribution is -2.07. The van der Waals surface area contributed by atoms with Gasteiger partial charge in [-0.1, -0.05) is 38.1 Å². The number of fused-ring (bicyclic) bond motifs is 1. The summed E-state index contributed by atoms with van der Waals surface area (Å²) in [6.07, 6.45) is 2.36. The molecule has 0 saturated carbocycles. The van der Waals surface area contributed by atoms with Gasteiger partial charge in [-0.2, -0.15) is 0 Å². The van der Waals surface area contributed by atoms with E-state index in [-0.39, 0.29) is 0 Å². The molecule has 2 aromatic carbocycles. The number of imidazole rings is 1. The van der Waals surface area contributed by atoms with E-state index < -0.39 is 0 Å². The van der Waals surface area contributed by atoms with Gasteiger partial charge < -0.3 is 18.8 Å². The molecular formula is C27H30BrN3O3. The topological polar surface area (TPSA) is 58.4 Å². The highest BCUT2D eigenvalue weighted by atomic mass is 79.9. The minimum atomic E-state index is 0.474. The zero-order valence-electron chi connectivity index (χ0n) is 20.3. The van der Waals surface area contributed by atoms with E-state index in [0.717, 1.165) is 49.7 Å². The summed E-state index contributed by atoms with van der Waals surface area (Å²) >= 11 is 3.84. The normalized spacial score (nSPS) is 11.4. The second-order valence-electron chi connectivity index (χ2n) is 8.43. The summed E-state index contributed by atoms with van der Waals surface area (Å²) in [5.74, 6) is 2.87. The highest BCUT2D eigenvalue weighted by Crippen LogP contribution is 2.39. The third-order valence-electron chi connectivity index (χ3n) is 6.00. The standard InChI is InChI=1S/C27H30BrN3O3/c1-17(2)18-8-10-19(11-9-18)27-30-25-24(28)20(15-21-22(33-4)7-6-12-29-21)16-23(34-5)26(25)31(27)13-14-32-3/h6-12,16-17H,13-15H2,1-5H3. The predicted octanol–water partition coefficient (Wildman–Crippen LogP) is 6.24. The Hall–Kier alpha value is -2.90. The van der Waals surface area contributed by atoms with Gasteiger partial charge in [0.1, 0.15) is 28.4 Å². The Bertz CT molecular complexity index is 1280. The molecule has 0 aliphatic heterocycles. The van der Waals surface area contributed by atoms with Gasteiger partial charge in [-0.25, -0.2) is 4.98 Å². The van der Waals surface area contributed by atoms with Crippen molar-refractivity contribution < 1.29 is 14.2 Å². The van der Waals surface area contributed by atoms with E-state index >= 15 is 0 Å². The highest BCUT2D eigenvalue weighted by molar-refractivity contribution is 9.10. The smallest absolute Gasteiger partial charge is 0.145 e. The van der Waals surface area contributed by atoms with Crippen LogP contribution in [0.3, 0.4) is 0 Å². The van der Waals surface area contributed by atoms with Crippen molar-refractivity contribution in [2.75, 3.05) is 27.9 Å². The van der Waals surface area contributed by atoms with Crippen LogP contribution in [0, 0.1) is 0 Å². The quantitative estimate of drug-likeness (QED) is 0.260. The van der Waals surface area contributed by atoms with E-state index in [1.807, 2.05) is 12.1 Å². The van der Waals surface area contributed by atoms with Crippen molar-refractivity contribution in [1.29, 1.82) is 0 Å². The zero-order valence-corrected chi connectivity index (χ0v) is 21.8. The molecule has 34 heavy (non-hydrogen) atoms. The van der Waals surface area contributed by atoms with E-state index in [0.29, 0.717) is 25.5 Å². The van der Waals surface area contributed by atoms with Crippen LogP contribution in [0.25, 0.3) is 22.4 Å². The maximum atomic E-state index is 5.86. The van der Waals surface area contributed by atoms with Gasteiger partial charge in [0.2, 0.25) is 0 Å². The van der Waals surface area contributed by atoms with E-state index in [4.69, 9.17) is 19.2 Å². The summed E-state index contributed by atoms with van der Waals surface area (Å²) < 4.78 is 19.9. The number of ether oxygens (including phenoxy) is 3. The first kappa shape index (κ1) is 24.2. The summed E-state index contributed by atoms with van der Waals surface area (Å²) in [5.41, 5.74) is 6.02. The van der Waals surface area contributed by atoms with Crippen molar-refractivity contribution >= 4 is 27.0 Å². The first-order valence-corrected chi connectivity index (χ1v) is 12.1. The van der Waals surface area contributed by atoms with Crippen LogP contribution in [0.1, 0.15) is 36.6 Å². The molecule has 0 amide bonds. The van der Waals surface area contributed by atoms with Crippen LogP contribution >= 0.6 is 15.9 Å². The third-order valence-corrected chi connectivity index (χ3v) is 6.88. The Labute approximate surface area is 209 Å². The summed E-state index contributed by atoms with van der Waals surface area (Å²) in [7, 11) is 5.06. The fourth-order valence-electron chi connectivity index (χ4n) is 4.14. The minimum Gasteiger partial charge on any atom is -0.495 e. The van der Waals surface area contributed by atoms with E-state index in [9.17, 15) is 0 Å². The number of nitrogens with zero attached hydrogens (tertiary/aromatic N) is 3. The minimum absolute atomic E-state index is 0.474. The summed E-state index contributed by atoms with van der Waals surface area (Å²) in [6, 6.07) is 14.5. The number of aromatic nitrogens is 3. The van der Waals surface area contributed by atoms with Gasteiger partial charge in [-0.3, -0.25) is 4.98 Å². The Morgan fingerprint density at radius 2 is 1.74 bits per heavy atom. The molecule has 0 saturated heterocycles. The van der Waals surface area contributed by atoms with Gasteiger partial charge in [0.25, 0.3) is 0 Å². The Kier molecular flexibility index (Phi) is 7.54. The number of halogens is 1. The van der Waals surface area contributed by atoms with Gasteiger partial charge >= 0.3 is 0 Å². The fraction of sp³-hybridized carbons (Fsp3) is 0.333. The average molecular weight is 524 g/mol. The van der Waals surface area contributed by atoms with Crippen LogP contribution < -0.4 is 9.47 Å². The van der Waals surface area contributed by atoms with Gasteiger partial charge in [0.05, 0.1) is 26.5 Å². The molecule has 0 bridgehead atoms. The van der Waals surface area contributed by atoms with Crippen molar-refractivity contribution in [3.63, 3.8) is 0 Å². The molecule has 0 aliphatic rings. The Morgan fingerprint density at radius 1 is 1.00 bits per heavy atom. The molecule has 2 heterocycles. The number of hydrogen-bond donors (Lipinski definition) is 0. The molecule has 4 rings (SSSR count). The van der Waals surface area contributed by atoms with Gasteiger partial charge in [-0.15, -0.1) is 0 Å². The number of methoxy groups -OCH3 is 3. The van der Waals surface area contributed by atoms with Crippen LogP contribution in [0.5, 0.6) is 11.5 Å². The molecule has 0 atom stereocenters. The number of rotatable bonds is 9. The predicted molar refractivity (Wildman–Crippen MR) is 139 cm³/mol. The molecule has 178 valence electrons. The molecule has 0 fully saturated rings. The van der Waals surface area contributed by atoms with Crippen molar-refractivity contribution in [2.45, 2.75) is 32.7 Å². The fourth-order valence-corrected chi connectivity index (χ4v) is 4.67. The largest absolute Gasteiger partial charge is 0.495 e. The van der Waals surface area contributed by atoms with Crippen LogP contribution in [0.15, 0.2) is 53.1 Å². The first-order chi connectivity index (χ1) is 16.5. The maximum Gasteiger partial charge on any atom is 0.145 e. The Balaban J connectivity index is 1.89. The molecule has 4 aromatic rings. The van der Waals surface area contributed by atoms with Crippen LogP contribution in [-0.4, -0.2) is 42.5 Å². The SMILES string of the molecule is COCCn1c(-c2ccc(C(C)C)cc2)nc2c(Br)c(Cc3ncccc3OC)cc(OC)c21. The molecule has 0 N–H and O–H groups in total. The molecule has 7 heteroatoms. The first-order valence-electron chi connectivity index (χ1n) is 11.3. The molecule has 2 aromatic heterocycles. The molecule has 0 spiro atoms. The monoisotopic (exact) mass is 523 g/mol. The van der Waals surface area contributed by atoms with Gasteiger partial charge in [0.15, 0.2) is 0 Å². The van der Waals surface area contributed by atoms with Crippen molar-refractivity contribution in [2.24, 2.45) is 0 Å².